The van der Waals surface area contributed by atoms with E-state index in [1.165, 1.54) is 0 Å². The van der Waals surface area contributed by atoms with E-state index in [1.54, 1.807) is 5.01 Å². The Morgan fingerprint density at radius 1 is 1.28 bits per heavy atom. The van der Waals surface area contributed by atoms with Crippen molar-refractivity contribution >= 4 is 11.8 Å². The van der Waals surface area contributed by atoms with Gasteiger partial charge >= 0.3 is 6.03 Å². The second-order valence-electron chi connectivity index (χ2n) is 6.03. The van der Waals surface area contributed by atoms with Gasteiger partial charge in [0.1, 0.15) is 6.04 Å². The molecule has 2 aliphatic rings. The molecular weight excluding hydrogens is 230 g/mol. The van der Waals surface area contributed by atoms with Crippen LogP contribution >= 0.6 is 0 Å². The second-order valence-corrected chi connectivity index (χ2v) is 6.03. The number of fused-ring (bicyclic) bond motifs is 1. The molecule has 0 radical (unpaired) electrons. The molecule has 0 aromatic rings. The molecule has 0 bridgehead atoms. The third-order valence-corrected chi connectivity index (χ3v) is 3.80. The van der Waals surface area contributed by atoms with Crippen LogP contribution in [-0.4, -0.2) is 57.9 Å². The quantitative estimate of drug-likeness (QED) is 0.749. The fourth-order valence-electron chi connectivity index (χ4n) is 2.76. The van der Waals surface area contributed by atoms with Gasteiger partial charge in [-0.1, -0.05) is 6.92 Å². The van der Waals surface area contributed by atoms with Crippen LogP contribution in [0, 0.1) is 0 Å². The van der Waals surface area contributed by atoms with Gasteiger partial charge in [-0.05, 0) is 27.2 Å². The van der Waals surface area contributed by atoms with Crippen molar-refractivity contribution in [3.63, 3.8) is 0 Å². The first kappa shape index (κ1) is 13.3. The van der Waals surface area contributed by atoms with Crippen molar-refractivity contribution in [3.8, 4) is 0 Å². The highest BCUT2D eigenvalue weighted by Crippen LogP contribution is 2.28. The third-order valence-electron chi connectivity index (χ3n) is 3.80. The number of hydrogen-bond acceptors (Lipinski definition) is 3. The highest BCUT2D eigenvalue weighted by molar-refractivity contribution is 5.89. The zero-order valence-corrected chi connectivity index (χ0v) is 11.8. The molecule has 0 unspecified atom stereocenters. The standard InChI is InChI=1S/C13H23N3O2/c1-5-11(17)10-6-7-14-8-9-15(13(2,3)4)12(18)16(10)14/h10H,5-9H2,1-4H3/t10-/m0/s1. The summed E-state index contributed by atoms with van der Waals surface area (Å²) in [6.45, 7) is 10.4. The lowest BCUT2D eigenvalue weighted by Crippen LogP contribution is -2.64. The van der Waals surface area contributed by atoms with Gasteiger partial charge in [0.25, 0.3) is 0 Å². The van der Waals surface area contributed by atoms with Gasteiger partial charge in [0, 0.05) is 31.6 Å². The highest BCUT2D eigenvalue weighted by atomic mass is 16.2. The minimum absolute atomic E-state index is 0.0157. The zero-order chi connectivity index (χ0) is 13.5. The van der Waals surface area contributed by atoms with Crippen LogP contribution in [0.2, 0.25) is 0 Å². The van der Waals surface area contributed by atoms with Gasteiger partial charge in [0.15, 0.2) is 5.78 Å². The lowest BCUT2D eigenvalue weighted by atomic mass is 10.1. The topological polar surface area (TPSA) is 43.9 Å². The molecule has 5 heteroatoms. The molecule has 2 heterocycles. The van der Waals surface area contributed by atoms with E-state index in [9.17, 15) is 9.59 Å². The molecule has 18 heavy (non-hydrogen) atoms. The molecule has 5 nitrogen and oxygen atoms in total. The fourth-order valence-corrected chi connectivity index (χ4v) is 2.76. The number of hydrogen-bond donors (Lipinski definition) is 0. The summed E-state index contributed by atoms with van der Waals surface area (Å²) in [5, 5.41) is 3.73. The van der Waals surface area contributed by atoms with Crippen LogP contribution in [0.15, 0.2) is 0 Å². The van der Waals surface area contributed by atoms with Crippen LogP contribution in [0.1, 0.15) is 40.5 Å². The van der Waals surface area contributed by atoms with Gasteiger partial charge in [-0.25, -0.2) is 14.8 Å². The normalized spacial score (nSPS) is 25.6. The van der Waals surface area contributed by atoms with E-state index in [1.807, 2.05) is 37.6 Å². The molecule has 0 aromatic carbocycles. The Morgan fingerprint density at radius 3 is 2.50 bits per heavy atom. The first-order valence-corrected chi connectivity index (χ1v) is 6.74. The van der Waals surface area contributed by atoms with Crippen molar-refractivity contribution in [1.29, 1.82) is 0 Å². The molecule has 102 valence electrons. The molecule has 2 rings (SSSR count). The fraction of sp³-hybridized carbons (Fsp3) is 0.846. The number of hydrazine groups is 1. The van der Waals surface area contributed by atoms with Gasteiger partial charge < -0.3 is 4.90 Å². The molecule has 0 saturated carbocycles. The van der Waals surface area contributed by atoms with Gasteiger partial charge in [-0.3, -0.25) is 4.79 Å². The summed E-state index contributed by atoms with van der Waals surface area (Å²) in [4.78, 5) is 26.3. The van der Waals surface area contributed by atoms with Gasteiger partial charge in [-0.2, -0.15) is 0 Å². The maximum absolute atomic E-state index is 12.5. The Bertz CT molecular complexity index is 362. The molecule has 2 fully saturated rings. The molecule has 0 aliphatic carbocycles. The summed E-state index contributed by atoms with van der Waals surface area (Å²) in [5.74, 6) is 0.168. The number of rotatable bonds is 2. The lowest BCUT2D eigenvalue weighted by Gasteiger charge is -2.46. The number of carbonyl (C=O) groups excluding carboxylic acids is 2. The van der Waals surface area contributed by atoms with E-state index in [0.29, 0.717) is 6.42 Å². The zero-order valence-electron chi connectivity index (χ0n) is 11.8. The van der Waals surface area contributed by atoms with Crippen LogP contribution in [0.3, 0.4) is 0 Å². The summed E-state index contributed by atoms with van der Waals surface area (Å²) in [5.41, 5.74) is -0.189. The average molecular weight is 253 g/mol. The van der Waals surface area contributed by atoms with Crippen LogP contribution in [-0.2, 0) is 4.79 Å². The van der Waals surface area contributed by atoms with E-state index >= 15 is 0 Å². The SMILES string of the molecule is CCC(=O)[C@@H]1CCN2CCN(C(C)(C)C)C(=O)N12. The molecule has 2 amide bonds. The van der Waals surface area contributed by atoms with E-state index < -0.39 is 0 Å². The number of carbonyl (C=O) groups is 2. The summed E-state index contributed by atoms with van der Waals surface area (Å²) in [6.07, 6.45) is 1.27. The Balaban J connectivity index is 2.21. The minimum Gasteiger partial charge on any atom is -0.317 e. The summed E-state index contributed by atoms with van der Waals surface area (Å²) in [6, 6.07) is -0.259. The summed E-state index contributed by atoms with van der Waals surface area (Å²) in [7, 11) is 0. The van der Waals surface area contributed by atoms with Gasteiger partial charge in [0.2, 0.25) is 0 Å². The molecule has 2 saturated heterocycles. The van der Waals surface area contributed by atoms with Gasteiger partial charge in [-0.15, -0.1) is 0 Å². The minimum atomic E-state index is -0.243. The second kappa shape index (κ2) is 4.53. The average Bonchev–Trinajstić information content (AvgIpc) is 2.71. The Kier molecular flexibility index (Phi) is 3.36. The van der Waals surface area contributed by atoms with E-state index in [4.69, 9.17) is 0 Å². The lowest BCUT2D eigenvalue weighted by molar-refractivity contribution is -0.127. The van der Waals surface area contributed by atoms with Crippen molar-refractivity contribution in [2.45, 2.75) is 52.1 Å². The van der Waals surface area contributed by atoms with Crippen molar-refractivity contribution in [2.24, 2.45) is 0 Å². The largest absolute Gasteiger partial charge is 0.335 e. The van der Waals surface area contributed by atoms with Gasteiger partial charge in [0.05, 0.1) is 0 Å². The number of Topliss-reactive ketones (excluding diaryl/α,β-unsaturated/α-hetero) is 1. The van der Waals surface area contributed by atoms with E-state index in [-0.39, 0.29) is 23.4 Å². The summed E-state index contributed by atoms with van der Waals surface area (Å²) >= 11 is 0. The highest BCUT2D eigenvalue weighted by Gasteiger charge is 2.45. The molecule has 2 aliphatic heterocycles. The van der Waals surface area contributed by atoms with Crippen LogP contribution in [0.4, 0.5) is 4.79 Å². The third kappa shape index (κ3) is 2.11. The maximum atomic E-state index is 12.5. The van der Waals surface area contributed by atoms with Crippen molar-refractivity contribution in [2.75, 3.05) is 19.6 Å². The van der Waals surface area contributed by atoms with Crippen LogP contribution < -0.4 is 0 Å². The predicted molar refractivity (Wildman–Crippen MR) is 69.0 cm³/mol. The van der Waals surface area contributed by atoms with E-state index in [0.717, 1.165) is 26.1 Å². The Hall–Kier alpha value is -1.10. The van der Waals surface area contributed by atoms with Crippen molar-refractivity contribution in [1.82, 2.24) is 14.9 Å². The Labute approximate surface area is 109 Å². The maximum Gasteiger partial charge on any atom is 0.335 e. The first-order valence-electron chi connectivity index (χ1n) is 6.74. The molecule has 1 atom stereocenters. The molecular formula is C13H23N3O2. The number of urea groups is 1. The summed E-state index contributed by atoms with van der Waals surface area (Å²) < 4.78 is 0. The number of nitrogens with zero attached hydrogens (tertiary/aromatic N) is 3. The monoisotopic (exact) mass is 253 g/mol. The Morgan fingerprint density at radius 2 is 1.94 bits per heavy atom. The van der Waals surface area contributed by atoms with Crippen LogP contribution in [0.5, 0.6) is 0 Å². The van der Waals surface area contributed by atoms with Crippen LogP contribution in [0.25, 0.3) is 0 Å². The predicted octanol–water partition coefficient (Wildman–Crippen LogP) is 1.49. The van der Waals surface area contributed by atoms with E-state index in [2.05, 4.69) is 0 Å². The smallest absolute Gasteiger partial charge is 0.317 e. The first-order chi connectivity index (χ1) is 8.36. The van der Waals surface area contributed by atoms with Crippen molar-refractivity contribution in [3.05, 3.63) is 0 Å². The molecule has 0 N–H and O–H groups in total. The van der Waals surface area contributed by atoms with Crippen molar-refractivity contribution < 1.29 is 9.59 Å². The number of ketones is 1. The molecule has 0 aromatic heterocycles. The molecule has 0 spiro atoms. The number of amides is 2.